The van der Waals surface area contributed by atoms with E-state index in [1.807, 2.05) is 77.5 Å². The molecule has 1 aromatic heterocycles. The number of carbonyl (C=O) groups is 1. The third-order valence-electron chi connectivity index (χ3n) is 3.46. The number of nitrogens with one attached hydrogen (secondary N) is 1. The van der Waals surface area contributed by atoms with Gasteiger partial charge in [-0.1, -0.05) is 60.7 Å². The van der Waals surface area contributed by atoms with Gasteiger partial charge in [0.2, 0.25) is 0 Å². The molecule has 3 aromatic rings. The summed E-state index contributed by atoms with van der Waals surface area (Å²) in [5, 5.41) is 8.01. The third-order valence-corrected chi connectivity index (χ3v) is 4.16. The lowest BCUT2D eigenvalue weighted by atomic mass is 9.91. The lowest BCUT2D eigenvalue weighted by Gasteiger charge is -2.16. The second kappa shape index (κ2) is 7.51. The fraction of sp³-hybridized carbons (Fsp3) is 0.0526. The predicted molar refractivity (Wildman–Crippen MR) is 94.8 cm³/mol. The van der Waals surface area contributed by atoms with Crippen LogP contribution in [0.3, 0.4) is 0 Å². The van der Waals surface area contributed by atoms with Crippen LogP contribution in [-0.4, -0.2) is 12.1 Å². The maximum Gasteiger partial charge on any atom is 0.252 e. The fourth-order valence-electron chi connectivity index (χ4n) is 2.37. The highest BCUT2D eigenvalue weighted by atomic mass is 32.1. The number of hydrogen-bond donors (Lipinski definition) is 1. The Morgan fingerprint density at radius 3 is 2.09 bits per heavy atom. The Bertz CT molecular complexity index is 728. The Hall–Kier alpha value is -2.72. The SMILES string of the molecule is O=C(NN=Cc1ccsc1)C(c1ccccc1)c1ccccc1. The molecule has 3 rings (SSSR count). The molecule has 1 amide bonds. The molecule has 1 N–H and O–H groups in total. The highest BCUT2D eigenvalue weighted by molar-refractivity contribution is 7.08. The summed E-state index contributed by atoms with van der Waals surface area (Å²) in [6.45, 7) is 0. The van der Waals surface area contributed by atoms with Crippen LogP contribution >= 0.6 is 11.3 Å². The van der Waals surface area contributed by atoms with Crippen LogP contribution in [0, 0.1) is 0 Å². The Morgan fingerprint density at radius 1 is 0.957 bits per heavy atom. The monoisotopic (exact) mass is 320 g/mol. The van der Waals surface area contributed by atoms with Crippen molar-refractivity contribution in [1.82, 2.24) is 5.43 Å². The smallest absolute Gasteiger partial charge is 0.252 e. The van der Waals surface area contributed by atoms with Crippen LogP contribution < -0.4 is 5.43 Å². The van der Waals surface area contributed by atoms with E-state index in [4.69, 9.17) is 0 Å². The van der Waals surface area contributed by atoms with E-state index in [-0.39, 0.29) is 11.8 Å². The summed E-state index contributed by atoms with van der Waals surface area (Å²) in [5.41, 5.74) is 5.52. The van der Waals surface area contributed by atoms with Crippen LogP contribution in [0.5, 0.6) is 0 Å². The van der Waals surface area contributed by atoms with Gasteiger partial charge in [-0.15, -0.1) is 0 Å². The summed E-state index contributed by atoms with van der Waals surface area (Å²) < 4.78 is 0. The summed E-state index contributed by atoms with van der Waals surface area (Å²) in [6.07, 6.45) is 1.65. The average molecular weight is 320 g/mol. The lowest BCUT2D eigenvalue weighted by Crippen LogP contribution is -2.26. The third kappa shape index (κ3) is 3.93. The normalized spacial score (nSPS) is 11.0. The molecular formula is C19H16N2OS. The minimum absolute atomic E-state index is 0.145. The molecule has 3 nitrogen and oxygen atoms in total. The number of amides is 1. The van der Waals surface area contributed by atoms with Gasteiger partial charge in [0.25, 0.3) is 5.91 Å². The molecule has 0 spiro atoms. The Kier molecular flexibility index (Phi) is 4.96. The number of hydrogen-bond acceptors (Lipinski definition) is 3. The first-order valence-corrected chi connectivity index (χ1v) is 8.24. The zero-order valence-corrected chi connectivity index (χ0v) is 13.2. The summed E-state index contributed by atoms with van der Waals surface area (Å²) in [7, 11) is 0. The van der Waals surface area contributed by atoms with Gasteiger partial charge in [0, 0.05) is 5.56 Å². The van der Waals surface area contributed by atoms with Crippen molar-refractivity contribution < 1.29 is 4.79 Å². The van der Waals surface area contributed by atoms with Crippen LogP contribution in [0.15, 0.2) is 82.6 Å². The minimum atomic E-state index is -0.378. The van der Waals surface area contributed by atoms with Crippen LogP contribution in [0.2, 0.25) is 0 Å². The van der Waals surface area contributed by atoms with Crippen LogP contribution in [-0.2, 0) is 4.79 Å². The Balaban J connectivity index is 1.82. The van der Waals surface area contributed by atoms with Crippen molar-refractivity contribution in [2.45, 2.75) is 5.92 Å². The molecule has 114 valence electrons. The Labute approximate surface area is 139 Å². The second-order valence-electron chi connectivity index (χ2n) is 5.05. The molecule has 0 fully saturated rings. The minimum Gasteiger partial charge on any atom is -0.272 e. The van der Waals surface area contributed by atoms with Crippen LogP contribution in [0.4, 0.5) is 0 Å². The number of carbonyl (C=O) groups excluding carboxylic acids is 1. The largest absolute Gasteiger partial charge is 0.272 e. The maximum absolute atomic E-state index is 12.7. The fourth-order valence-corrected chi connectivity index (χ4v) is 2.98. The highest BCUT2D eigenvalue weighted by Crippen LogP contribution is 2.24. The standard InChI is InChI=1S/C19H16N2OS/c22-19(21-20-13-15-11-12-23-14-15)18(16-7-3-1-4-8-16)17-9-5-2-6-10-17/h1-14,18H,(H,21,22). The van der Waals surface area contributed by atoms with E-state index in [0.717, 1.165) is 16.7 Å². The average Bonchev–Trinajstić information content (AvgIpc) is 3.10. The summed E-state index contributed by atoms with van der Waals surface area (Å²) in [5.74, 6) is -0.522. The van der Waals surface area contributed by atoms with Crippen molar-refractivity contribution in [1.29, 1.82) is 0 Å². The number of hydrazone groups is 1. The lowest BCUT2D eigenvalue weighted by molar-refractivity contribution is -0.121. The Morgan fingerprint density at radius 2 is 1.57 bits per heavy atom. The molecule has 0 atom stereocenters. The first kappa shape index (κ1) is 15.2. The van der Waals surface area contributed by atoms with Gasteiger partial charge in [-0.2, -0.15) is 16.4 Å². The molecule has 0 saturated carbocycles. The van der Waals surface area contributed by atoms with Gasteiger partial charge in [0.05, 0.1) is 12.1 Å². The number of thiophene rings is 1. The van der Waals surface area contributed by atoms with E-state index in [1.165, 1.54) is 0 Å². The molecule has 2 aromatic carbocycles. The van der Waals surface area contributed by atoms with Crippen LogP contribution in [0.1, 0.15) is 22.6 Å². The zero-order chi connectivity index (χ0) is 15.9. The van der Waals surface area contributed by atoms with Crippen molar-refractivity contribution in [3.63, 3.8) is 0 Å². The van der Waals surface area contributed by atoms with Crippen molar-refractivity contribution in [3.05, 3.63) is 94.2 Å². The quantitative estimate of drug-likeness (QED) is 0.559. The van der Waals surface area contributed by atoms with Gasteiger partial charge in [0.15, 0.2) is 0 Å². The second-order valence-corrected chi connectivity index (χ2v) is 5.83. The number of nitrogens with zero attached hydrogens (tertiary/aromatic N) is 1. The van der Waals surface area contributed by atoms with E-state index >= 15 is 0 Å². The van der Waals surface area contributed by atoms with Gasteiger partial charge >= 0.3 is 0 Å². The molecule has 0 aliphatic heterocycles. The summed E-state index contributed by atoms with van der Waals surface area (Å²) in [4.78, 5) is 12.7. The van der Waals surface area contributed by atoms with Gasteiger partial charge in [-0.3, -0.25) is 4.79 Å². The van der Waals surface area contributed by atoms with Crippen molar-refractivity contribution in [2.24, 2.45) is 5.10 Å². The van der Waals surface area contributed by atoms with E-state index in [1.54, 1.807) is 17.6 Å². The molecule has 0 radical (unpaired) electrons. The van der Waals surface area contributed by atoms with E-state index < -0.39 is 0 Å². The van der Waals surface area contributed by atoms with Crippen molar-refractivity contribution >= 4 is 23.5 Å². The first-order chi connectivity index (χ1) is 11.3. The van der Waals surface area contributed by atoms with Gasteiger partial charge in [-0.25, -0.2) is 5.43 Å². The molecule has 4 heteroatoms. The van der Waals surface area contributed by atoms with E-state index in [2.05, 4.69) is 10.5 Å². The molecule has 1 heterocycles. The van der Waals surface area contributed by atoms with E-state index in [0.29, 0.717) is 0 Å². The number of benzene rings is 2. The maximum atomic E-state index is 12.7. The van der Waals surface area contributed by atoms with Crippen LogP contribution in [0.25, 0.3) is 0 Å². The summed E-state index contributed by atoms with van der Waals surface area (Å²) in [6, 6.07) is 21.4. The van der Waals surface area contributed by atoms with Gasteiger partial charge < -0.3 is 0 Å². The molecular weight excluding hydrogens is 304 g/mol. The van der Waals surface area contributed by atoms with Crippen molar-refractivity contribution in [2.75, 3.05) is 0 Å². The zero-order valence-electron chi connectivity index (χ0n) is 12.4. The molecule has 0 unspecified atom stereocenters. The molecule has 23 heavy (non-hydrogen) atoms. The topological polar surface area (TPSA) is 41.5 Å². The molecule has 0 aliphatic carbocycles. The molecule has 0 aliphatic rings. The molecule has 0 bridgehead atoms. The number of rotatable bonds is 5. The van der Waals surface area contributed by atoms with Crippen molar-refractivity contribution in [3.8, 4) is 0 Å². The predicted octanol–water partition coefficient (Wildman–Crippen LogP) is 4.03. The first-order valence-electron chi connectivity index (χ1n) is 7.29. The highest BCUT2D eigenvalue weighted by Gasteiger charge is 2.21. The van der Waals surface area contributed by atoms with E-state index in [9.17, 15) is 4.79 Å². The molecule has 0 saturated heterocycles. The van der Waals surface area contributed by atoms with Gasteiger partial charge in [-0.05, 0) is 28.0 Å². The summed E-state index contributed by atoms with van der Waals surface area (Å²) >= 11 is 1.59. The van der Waals surface area contributed by atoms with Gasteiger partial charge in [0.1, 0.15) is 0 Å².